The van der Waals surface area contributed by atoms with E-state index in [4.69, 9.17) is 4.74 Å². The Labute approximate surface area is 399 Å². The molecular formula is C58H113NO5. The Bertz CT molecular complexity index is 955. The normalized spacial score (nSPS) is 12.6. The molecule has 0 aromatic heterocycles. The summed E-state index contributed by atoms with van der Waals surface area (Å²) in [5, 5.41) is 23.3. The fraction of sp³-hybridized carbons (Fsp3) is 0.931. The summed E-state index contributed by atoms with van der Waals surface area (Å²) in [6.07, 6.45) is 63.4. The van der Waals surface area contributed by atoms with Gasteiger partial charge in [-0.05, 0) is 51.4 Å². The van der Waals surface area contributed by atoms with Crippen LogP contribution in [0.25, 0.3) is 0 Å². The first kappa shape index (κ1) is 62.6. The summed E-state index contributed by atoms with van der Waals surface area (Å²) in [6, 6.07) is -0.556. The third-order valence-corrected chi connectivity index (χ3v) is 13.6. The Hall–Kier alpha value is -1.40. The van der Waals surface area contributed by atoms with Crippen LogP contribution in [0.15, 0.2) is 12.2 Å². The van der Waals surface area contributed by atoms with Crippen molar-refractivity contribution in [3.63, 3.8) is 0 Å². The molecule has 0 rings (SSSR count). The van der Waals surface area contributed by atoms with Gasteiger partial charge >= 0.3 is 5.97 Å². The number of ether oxygens (including phenoxy) is 1. The van der Waals surface area contributed by atoms with Gasteiger partial charge < -0.3 is 20.3 Å². The van der Waals surface area contributed by atoms with Crippen LogP contribution in [0.3, 0.4) is 0 Å². The highest BCUT2D eigenvalue weighted by Crippen LogP contribution is 2.18. The van der Waals surface area contributed by atoms with E-state index in [1.54, 1.807) is 0 Å². The number of unbranched alkanes of at least 4 members (excludes halogenated alkanes) is 41. The highest BCUT2D eigenvalue weighted by Gasteiger charge is 2.20. The third kappa shape index (κ3) is 50.0. The summed E-state index contributed by atoms with van der Waals surface area (Å²) in [5.41, 5.74) is 0. The van der Waals surface area contributed by atoms with Crippen LogP contribution in [-0.4, -0.2) is 47.4 Å². The van der Waals surface area contributed by atoms with Crippen molar-refractivity contribution >= 4 is 11.9 Å². The summed E-state index contributed by atoms with van der Waals surface area (Å²) in [5.74, 6) is -0.0718. The van der Waals surface area contributed by atoms with E-state index in [-0.39, 0.29) is 18.5 Å². The molecule has 64 heavy (non-hydrogen) atoms. The molecule has 0 spiro atoms. The summed E-state index contributed by atoms with van der Waals surface area (Å²) >= 11 is 0. The summed E-state index contributed by atoms with van der Waals surface area (Å²) in [6.45, 7) is 4.92. The second-order valence-corrected chi connectivity index (χ2v) is 20.0. The van der Waals surface area contributed by atoms with Crippen molar-refractivity contribution in [2.24, 2.45) is 0 Å². The van der Waals surface area contributed by atoms with Crippen LogP contribution in [0.5, 0.6) is 0 Å². The minimum atomic E-state index is -0.677. The van der Waals surface area contributed by atoms with E-state index < -0.39 is 12.1 Å². The minimum Gasteiger partial charge on any atom is -0.466 e. The predicted octanol–water partition coefficient (Wildman–Crippen LogP) is 17.7. The van der Waals surface area contributed by atoms with E-state index >= 15 is 0 Å². The number of hydrogen-bond acceptors (Lipinski definition) is 5. The zero-order chi connectivity index (χ0) is 46.5. The third-order valence-electron chi connectivity index (χ3n) is 13.6. The van der Waals surface area contributed by atoms with Crippen LogP contribution < -0.4 is 5.32 Å². The average molecular weight is 905 g/mol. The molecule has 0 aromatic carbocycles. The van der Waals surface area contributed by atoms with E-state index in [1.165, 1.54) is 231 Å². The first-order valence-electron chi connectivity index (χ1n) is 28.9. The van der Waals surface area contributed by atoms with Crippen molar-refractivity contribution in [1.82, 2.24) is 5.32 Å². The number of amides is 1. The smallest absolute Gasteiger partial charge is 0.305 e. The Morgan fingerprint density at radius 3 is 1.11 bits per heavy atom. The number of rotatable bonds is 54. The number of aliphatic hydroxyl groups is 2. The minimum absolute atomic E-state index is 0.0210. The highest BCUT2D eigenvalue weighted by atomic mass is 16.5. The van der Waals surface area contributed by atoms with Crippen LogP contribution in [0.2, 0.25) is 0 Å². The highest BCUT2D eigenvalue weighted by molar-refractivity contribution is 5.76. The van der Waals surface area contributed by atoms with Crippen LogP contribution in [0.1, 0.15) is 322 Å². The Morgan fingerprint density at radius 1 is 0.422 bits per heavy atom. The summed E-state index contributed by atoms with van der Waals surface area (Å²) in [4.78, 5) is 24.5. The van der Waals surface area contributed by atoms with Gasteiger partial charge in [-0.15, -0.1) is 0 Å². The van der Waals surface area contributed by atoms with E-state index in [2.05, 4.69) is 31.3 Å². The molecule has 0 fully saturated rings. The molecule has 0 aliphatic carbocycles. The molecule has 0 saturated heterocycles. The van der Waals surface area contributed by atoms with Crippen molar-refractivity contribution in [2.75, 3.05) is 13.2 Å². The van der Waals surface area contributed by atoms with Crippen molar-refractivity contribution in [2.45, 2.75) is 334 Å². The number of aliphatic hydroxyl groups excluding tert-OH is 2. The van der Waals surface area contributed by atoms with E-state index in [1.807, 2.05) is 0 Å². The topological polar surface area (TPSA) is 95.9 Å². The van der Waals surface area contributed by atoms with Gasteiger partial charge in [-0.25, -0.2) is 0 Å². The molecular weight excluding hydrogens is 791 g/mol. The molecule has 0 aliphatic heterocycles. The Kier molecular flexibility index (Phi) is 53.0. The molecule has 2 atom stereocenters. The Morgan fingerprint density at radius 2 is 0.734 bits per heavy atom. The molecule has 6 heteroatoms. The van der Waals surface area contributed by atoms with Gasteiger partial charge in [-0.3, -0.25) is 9.59 Å². The quantitative estimate of drug-likeness (QED) is 0.0321. The lowest BCUT2D eigenvalue weighted by molar-refractivity contribution is -0.143. The molecule has 0 heterocycles. The molecule has 6 nitrogen and oxygen atoms in total. The molecule has 0 radical (unpaired) electrons. The maximum absolute atomic E-state index is 12.5. The lowest BCUT2D eigenvalue weighted by atomic mass is 10.0. The lowest BCUT2D eigenvalue weighted by Crippen LogP contribution is -2.45. The molecule has 380 valence electrons. The standard InChI is InChI=1S/C58H113NO5/c1-3-5-7-9-11-13-15-17-19-20-21-22-23-24-25-26-27-30-34-38-42-46-50-56(61)55(54-60)59-57(62)51-47-43-39-35-31-29-33-37-41-45-49-53-64-58(63)52-48-44-40-36-32-28-18-16-14-12-10-8-6-4-2/h16,18,55-56,60-61H,3-15,17,19-54H2,1-2H3,(H,59,62)/b18-16-. The summed E-state index contributed by atoms with van der Waals surface area (Å²) < 4.78 is 5.46. The molecule has 0 saturated carbocycles. The largest absolute Gasteiger partial charge is 0.466 e. The van der Waals surface area contributed by atoms with Gasteiger partial charge in [-0.2, -0.15) is 0 Å². The van der Waals surface area contributed by atoms with Crippen LogP contribution in [-0.2, 0) is 14.3 Å². The Balaban J connectivity index is 3.46. The van der Waals surface area contributed by atoms with Crippen molar-refractivity contribution in [3.05, 3.63) is 12.2 Å². The second kappa shape index (κ2) is 54.2. The number of hydrogen-bond donors (Lipinski definition) is 3. The van der Waals surface area contributed by atoms with Gasteiger partial charge in [0, 0.05) is 12.8 Å². The van der Waals surface area contributed by atoms with Gasteiger partial charge in [0.2, 0.25) is 5.91 Å². The van der Waals surface area contributed by atoms with Crippen molar-refractivity contribution < 1.29 is 24.5 Å². The van der Waals surface area contributed by atoms with Crippen molar-refractivity contribution in [3.8, 4) is 0 Å². The van der Waals surface area contributed by atoms with E-state index in [0.717, 1.165) is 57.8 Å². The van der Waals surface area contributed by atoms with E-state index in [9.17, 15) is 19.8 Å². The SMILES string of the molecule is CCCCCCC/C=C\CCCCCCCC(=O)OCCCCCCCCCCCCCC(=O)NC(CO)C(O)CCCCCCCCCCCCCCCCCCCCCCCC. The molecule has 3 N–H and O–H groups in total. The van der Waals surface area contributed by atoms with Gasteiger partial charge in [0.1, 0.15) is 0 Å². The molecule has 1 amide bonds. The van der Waals surface area contributed by atoms with E-state index in [0.29, 0.717) is 25.9 Å². The van der Waals surface area contributed by atoms with Gasteiger partial charge in [0.25, 0.3) is 0 Å². The number of carbonyl (C=O) groups excluding carboxylic acids is 2. The van der Waals surface area contributed by atoms with Gasteiger partial charge in [0.15, 0.2) is 0 Å². The zero-order valence-corrected chi connectivity index (χ0v) is 43.3. The number of nitrogens with one attached hydrogen (secondary N) is 1. The fourth-order valence-electron chi connectivity index (χ4n) is 9.11. The first-order valence-corrected chi connectivity index (χ1v) is 28.9. The maximum atomic E-state index is 12.5. The molecule has 0 aromatic rings. The zero-order valence-electron chi connectivity index (χ0n) is 43.3. The van der Waals surface area contributed by atoms with Gasteiger partial charge in [-0.1, -0.05) is 270 Å². The first-order chi connectivity index (χ1) is 31.5. The molecule has 0 aliphatic rings. The fourth-order valence-corrected chi connectivity index (χ4v) is 9.11. The second-order valence-electron chi connectivity index (χ2n) is 20.0. The van der Waals surface area contributed by atoms with Gasteiger partial charge in [0.05, 0.1) is 25.4 Å². The number of allylic oxidation sites excluding steroid dienone is 2. The summed E-state index contributed by atoms with van der Waals surface area (Å²) in [7, 11) is 0. The van der Waals surface area contributed by atoms with Crippen LogP contribution in [0, 0.1) is 0 Å². The van der Waals surface area contributed by atoms with Crippen LogP contribution in [0.4, 0.5) is 0 Å². The number of esters is 1. The molecule has 0 bridgehead atoms. The monoisotopic (exact) mass is 904 g/mol. The maximum Gasteiger partial charge on any atom is 0.305 e. The van der Waals surface area contributed by atoms with Crippen LogP contribution >= 0.6 is 0 Å². The average Bonchev–Trinajstić information content (AvgIpc) is 3.29. The lowest BCUT2D eigenvalue weighted by Gasteiger charge is -2.22. The molecule has 2 unspecified atom stereocenters. The number of carbonyl (C=O) groups is 2. The predicted molar refractivity (Wildman–Crippen MR) is 278 cm³/mol. The van der Waals surface area contributed by atoms with Crippen molar-refractivity contribution in [1.29, 1.82) is 0 Å².